The summed E-state index contributed by atoms with van der Waals surface area (Å²) in [6, 6.07) is 5.91. The number of nitrogens with one attached hydrogen (secondary N) is 1. The molecule has 7 nitrogen and oxygen atoms in total. The number of hydrogen-bond acceptors (Lipinski definition) is 6. The van der Waals surface area contributed by atoms with Crippen molar-refractivity contribution in [1.82, 2.24) is 4.98 Å². The van der Waals surface area contributed by atoms with Crippen molar-refractivity contribution in [3.63, 3.8) is 0 Å². The Morgan fingerprint density at radius 1 is 1.32 bits per heavy atom. The fraction of sp³-hybridized carbons (Fsp3) is 0.350. The smallest absolute Gasteiger partial charge is 0.282 e. The van der Waals surface area contributed by atoms with Crippen LogP contribution < -0.4 is 11.1 Å². The van der Waals surface area contributed by atoms with Crippen LogP contribution in [0.3, 0.4) is 0 Å². The molecule has 4 rings (SSSR count). The Morgan fingerprint density at radius 3 is 2.81 bits per heavy atom. The first-order valence-corrected chi connectivity index (χ1v) is 9.35. The summed E-state index contributed by atoms with van der Waals surface area (Å²) in [6.07, 6.45) is -2.64. The lowest BCUT2D eigenvalue weighted by Gasteiger charge is -2.35. The first-order chi connectivity index (χ1) is 14.8. The monoisotopic (exact) mass is 438 g/mol. The molecule has 3 atom stereocenters. The Balaban J connectivity index is 1.64. The van der Waals surface area contributed by atoms with Crippen LogP contribution in [-0.2, 0) is 15.0 Å². The number of halogens is 4. The molecular weight excluding hydrogens is 420 g/mol. The molecule has 1 aromatic heterocycles. The van der Waals surface area contributed by atoms with Crippen LogP contribution >= 0.6 is 0 Å². The normalized spacial score (nSPS) is 25.0. The van der Waals surface area contributed by atoms with Gasteiger partial charge in [0.25, 0.3) is 18.4 Å². The summed E-state index contributed by atoms with van der Waals surface area (Å²) >= 11 is 0. The number of nitrogens with zero attached hydrogens (tertiary/aromatic N) is 2. The summed E-state index contributed by atoms with van der Waals surface area (Å²) in [7, 11) is 0. The Hall–Kier alpha value is -3.21. The third-order valence-corrected chi connectivity index (χ3v) is 5.41. The summed E-state index contributed by atoms with van der Waals surface area (Å²) in [5.74, 6) is -1.93. The van der Waals surface area contributed by atoms with Gasteiger partial charge in [-0.2, -0.15) is 0 Å². The molecule has 2 aliphatic heterocycles. The number of hydrogen-bond donors (Lipinski definition) is 2. The predicted molar refractivity (Wildman–Crippen MR) is 102 cm³/mol. The molecule has 2 aliphatic rings. The number of carbonyl (C=O) groups is 1. The summed E-state index contributed by atoms with van der Waals surface area (Å²) in [5, 5.41) is 2.55. The van der Waals surface area contributed by atoms with Crippen molar-refractivity contribution < 1.29 is 31.8 Å². The number of pyridine rings is 1. The SMILES string of the molecule is NC1=NC2(c3cc(NC(=O)c4ccc(C(F)F)cn4)ccc3F)COC(CF)C2CO1. The quantitative estimate of drug-likeness (QED) is 0.700. The molecule has 0 aliphatic carbocycles. The summed E-state index contributed by atoms with van der Waals surface area (Å²) in [4.78, 5) is 20.4. The van der Waals surface area contributed by atoms with Crippen LogP contribution in [0.1, 0.15) is 28.0 Å². The summed E-state index contributed by atoms with van der Waals surface area (Å²) in [5.41, 5.74) is 4.26. The first-order valence-electron chi connectivity index (χ1n) is 9.35. The number of alkyl halides is 3. The molecule has 2 aromatic rings. The zero-order chi connectivity index (χ0) is 22.2. The zero-order valence-corrected chi connectivity index (χ0v) is 16.0. The molecule has 0 radical (unpaired) electrons. The Labute approximate surface area is 174 Å². The number of nitrogens with two attached hydrogens (primary N) is 1. The lowest BCUT2D eigenvalue weighted by Crippen LogP contribution is -2.45. The van der Waals surface area contributed by atoms with Crippen molar-refractivity contribution in [3.05, 3.63) is 59.2 Å². The molecule has 31 heavy (non-hydrogen) atoms. The van der Waals surface area contributed by atoms with E-state index in [1.165, 1.54) is 12.1 Å². The minimum absolute atomic E-state index is 0.000350. The van der Waals surface area contributed by atoms with Crippen molar-refractivity contribution in [3.8, 4) is 0 Å². The van der Waals surface area contributed by atoms with Crippen molar-refractivity contribution in [2.24, 2.45) is 16.6 Å². The van der Waals surface area contributed by atoms with Gasteiger partial charge in [-0.25, -0.2) is 22.6 Å². The van der Waals surface area contributed by atoms with Gasteiger partial charge in [-0.1, -0.05) is 0 Å². The molecule has 3 N–H and O–H groups in total. The number of aromatic nitrogens is 1. The van der Waals surface area contributed by atoms with Gasteiger partial charge in [-0.05, 0) is 30.3 Å². The standard InChI is InChI=1S/C20H18F4N4O3/c21-6-16-13-8-30-19(25)28-20(13,9-31-16)12-5-11(2-3-14(12)22)27-18(29)15-4-1-10(7-26-15)17(23)24/h1-5,7,13,16-17H,6,8-9H2,(H2,25,28)(H,27,29). The van der Waals surface area contributed by atoms with Crippen molar-refractivity contribution in [1.29, 1.82) is 0 Å². The summed E-state index contributed by atoms with van der Waals surface area (Å²) in [6.45, 7) is -0.912. The van der Waals surface area contributed by atoms with E-state index < -0.39 is 42.4 Å². The van der Waals surface area contributed by atoms with E-state index in [1.807, 2.05) is 0 Å². The van der Waals surface area contributed by atoms with Crippen LogP contribution in [0.25, 0.3) is 0 Å². The van der Waals surface area contributed by atoms with Crippen LogP contribution in [0.2, 0.25) is 0 Å². The molecule has 1 amide bonds. The minimum atomic E-state index is -2.70. The fourth-order valence-corrected chi connectivity index (χ4v) is 3.82. The van der Waals surface area contributed by atoms with Crippen LogP contribution in [-0.4, -0.2) is 42.9 Å². The number of anilines is 1. The van der Waals surface area contributed by atoms with E-state index >= 15 is 0 Å². The number of aliphatic imine (C=N–C) groups is 1. The van der Waals surface area contributed by atoms with Crippen molar-refractivity contribution in [2.75, 3.05) is 25.2 Å². The maximum absolute atomic E-state index is 14.8. The topological polar surface area (TPSA) is 98.8 Å². The van der Waals surface area contributed by atoms with Crippen molar-refractivity contribution in [2.45, 2.75) is 18.1 Å². The zero-order valence-electron chi connectivity index (χ0n) is 16.0. The van der Waals surface area contributed by atoms with E-state index in [-0.39, 0.29) is 41.7 Å². The number of rotatable bonds is 5. The largest absolute Gasteiger partial charge is 0.465 e. The van der Waals surface area contributed by atoms with E-state index in [9.17, 15) is 22.4 Å². The van der Waals surface area contributed by atoms with Gasteiger partial charge in [0.1, 0.15) is 23.7 Å². The average Bonchev–Trinajstić information content (AvgIpc) is 3.13. The van der Waals surface area contributed by atoms with Crippen LogP contribution in [0.4, 0.5) is 23.2 Å². The van der Waals surface area contributed by atoms with Gasteiger partial charge in [0, 0.05) is 23.0 Å². The molecule has 0 bridgehead atoms. The van der Waals surface area contributed by atoms with Crippen LogP contribution in [0, 0.1) is 11.7 Å². The van der Waals surface area contributed by atoms with E-state index in [1.54, 1.807) is 0 Å². The highest BCUT2D eigenvalue weighted by atomic mass is 19.3. The van der Waals surface area contributed by atoms with Crippen LogP contribution in [0.5, 0.6) is 0 Å². The lowest BCUT2D eigenvalue weighted by atomic mass is 9.78. The molecule has 1 aromatic carbocycles. The first kappa shape index (κ1) is 21.0. The Morgan fingerprint density at radius 2 is 2.13 bits per heavy atom. The third kappa shape index (κ3) is 3.80. The van der Waals surface area contributed by atoms with Gasteiger partial charge in [-0.15, -0.1) is 0 Å². The van der Waals surface area contributed by atoms with E-state index in [0.717, 1.165) is 24.4 Å². The van der Waals surface area contributed by atoms with E-state index in [0.29, 0.717) is 0 Å². The Bertz CT molecular complexity index is 1020. The second-order valence-electron chi connectivity index (χ2n) is 7.22. The molecule has 0 spiro atoms. The molecule has 3 heterocycles. The third-order valence-electron chi connectivity index (χ3n) is 5.41. The Kier molecular flexibility index (Phi) is 5.52. The second-order valence-corrected chi connectivity index (χ2v) is 7.22. The molecular formula is C20H18F4N4O3. The second kappa shape index (κ2) is 8.14. The molecule has 1 fully saturated rings. The molecule has 1 saturated heterocycles. The van der Waals surface area contributed by atoms with Crippen molar-refractivity contribution >= 4 is 17.6 Å². The van der Waals surface area contributed by atoms with Gasteiger partial charge < -0.3 is 20.5 Å². The minimum Gasteiger partial charge on any atom is -0.465 e. The van der Waals surface area contributed by atoms with Gasteiger partial charge in [-0.3, -0.25) is 9.78 Å². The summed E-state index contributed by atoms with van der Waals surface area (Å²) < 4.78 is 64.2. The predicted octanol–water partition coefficient (Wildman–Crippen LogP) is 2.94. The maximum atomic E-state index is 14.8. The number of amides is 1. The molecule has 0 saturated carbocycles. The fourth-order valence-electron chi connectivity index (χ4n) is 3.82. The molecule has 3 unspecified atom stereocenters. The van der Waals surface area contributed by atoms with E-state index in [4.69, 9.17) is 15.2 Å². The highest BCUT2D eigenvalue weighted by Crippen LogP contribution is 2.46. The number of fused-ring (bicyclic) bond motifs is 1. The molecule has 164 valence electrons. The number of ether oxygens (including phenoxy) is 2. The van der Waals surface area contributed by atoms with Crippen LogP contribution in [0.15, 0.2) is 41.5 Å². The molecule has 11 heteroatoms. The van der Waals surface area contributed by atoms with Gasteiger partial charge in [0.05, 0.1) is 25.2 Å². The van der Waals surface area contributed by atoms with Gasteiger partial charge in [0.15, 0.2) is 0 Å². The number of carbonyl (C=O) groups excluding carboxylic acids is 1. The van der Waals surface area contributed by atoms with Gasteiger partial charge >= 0.3 is 0 Å². The van der Waals surface area contributed by atoms with E-state index in [2.05, 4.69) is 15.3 Å². The lowest BCUT2D eigenvalue weighted by molar-refractivity contribution is 0.0528. The number of amidine groups is 1. The maximum Gasteiger partial charge on any atom is 0.282 e. The highest BCUT2D eigenvalue weighted by molar-refractivity contribution is 6.02. The van der Waals surface area contributed by atoms with Gasteiger partial charge in [0.2, 0.25) is 0 Å². The number of benzene rings is 1. The highest BCUT2D eigenvalue weighted by Gasteiger charge is 2.55. The average molecular weight is 438 g/mol.